The summed E-state index contributed by atoms with van der Waals surface area (Å²) in [4.78, 5) is 18.4. The van der Waals surface area contributed by atoms with E-state index in [1.807, 2.05) is 11.1 Å². The Bertz CT molecular complexity index is 683. The van der Waals surface area contributed by atoms with Crippen molar-refractivity contribution in [3.05, 3.63) is 53.9 Å². The van der Waals surface area contributed by atoms with Crippen LogP contribution in [0.1, 0.15) is 24.7 Å². The minimum atomic E-state index is -0.231. The fourth-order valence-corrected chi connectivity index (χ4v) is 3.07. The lowest BCUT2D eigenvalue weighted by Gasteiger charge is -2.17. The number of hydrogen-bond acceptors (Lipinski definition) is 3. The molecule has 1 aliphatic rings. The van der Waals surface area contributed by atoms with E-state index in [1.165, 1.54) is 12.1 Å². The van der Waals surface area contributed by atoms with Crippen molar-refractivity contribution in [3.8, 4) is 0 Å². The average Bonchev–Trinajstić information content (AvgIpc) is 3.18. The largest absolute Gasteiger partial charge is 0.341 e. The molecule has 24 heavy (non-hydrogen) atoms. The molecule has 1 N–H and O–H groups in total. The van der Waals surface area contributed by atoms with E-state index in [2.05, 4.69) is 21.8 Å². The van der Waals surface area contributed by atoms with Gasteiger partial charge in [-0.3, -0.25) is 4.79 Å². The van der Waals surface area contributed by atoms with Crippen molar-refractivity contribution in [2.24, 2.45) is 0 Å². The van der Waals surface area contributed by atoms with Crippen molar-refractivity contribution in [2.45, 2.75) is 38.9 Å². The molecular weight excluding hydrogens is 307 g/mol. The highest BCUT2D eigenvalue weighted by Gasteiger charge is 2.28. The van der Waals surface area contributed by atoms with E-state index in [9.17, 15) is 9.18 Å². The quantitative estimate of drug-likeness (QED) is 0.844. The van der Waals surface area contributed by atoms with Gasteiger partial charge < -0.3 is 14.8 Å². The van der Waals surface area contributed by atoms with Crippen LogP contribution in [0.3, 0.4) is 0 Å². The molecule has 2 aromatic rings. The normalized spacial score (nSPS) is 17.7. The number of nitrogens with zero attached hydrogens (tertiary/aromatic N) is 3. The summed E-state index contributed by atoms with van der Waals surface area (Å²) in [6.45, 7) is 5.04. The first kappa shape index (κ1) is 16.6. The number of amides is 1. The average molecular weight is 330 g/mol. The number of imidazole rings is 1. The number of halogens is 1. The second-order valence-corrected chi connectivity index (χ2v) is 6.13. The van der Waals surface area contributed by atoms with Gasteiger partial charge in [0, 0.05) is 44.5 Å². The van der Waals surface area contributed by atoms with Crippen LogP contribution in [-0.4, -0.2) is 39.5 Å². The summed E-state index contributed by atoms with van der Waals surface area (Å²) in [6, 6.07) is 6.63. The van der Waals surface area contributed by atoms with Crippen molar-refractivity contribution in [2.75, 3.05) is 13.1 Å². The number of carbonyl (C=O) groups is 1. The predicted octanol–water partition coefficient (Wildman–Crippen LogP) is 1.98. The van der Waals surface area contributed by atoms with Gasteiger partial charge in [0.25, 0.3) is 0 Å². The van der Waals surface area contributed by atoms with Crippen LogP contribution in [0.5, 0.6) is 0 Å². The smallest absolute Gasteiger partial charge is 0.224 e. The standard InChI is InChI=1S/C18H23FN4O/c1-2-22-10-8-20-17(22)12-21-16-11-18(24)23(13-16)9-7-14-3-5-15(19)6-4-14/h3-6,8,10,16,21H,2,7,9,11-13H2,1H3. The summed E-state index contributed by atoms with van der Waals surface area (Å²) in [6.07, 6.45) is 5.04. The van der Waals surface area contributed by atoms with Gasteiger partial charge in [0.05, 0.1) is 6.54 Å². The van der Waals surface area contributed by atoms with E-state index in [-0.39, 0.29) is 17.8 Å². The number of aromatic nitrogens is 2. The minimum Gasteiger partial charge on any atom is -0.341 e. The van der Waals surface area contributed by atoms with Gasteiger partial charge in [0.15, 0.2) is 0 Å². The molecule has 6 heteroatoms. The monoisotopic (exact) mass is 330 g/mol. The maximum atomic E-state index is 12.9. The summed E-state index contributed by atoms with van der Waals surface area (Å²) in [7, 11) is 0. The van der Waals surface area contributed by atoms with Crippen LogP contribution >= 0.6 is 0 Å². The van der Waals surface area contributed by atoms with Gasteiger partial charge >= 0.3 is 0 Å². The minimum absolute atomic E-state index is 0.160. The molecule has 5 nitrogen and oxygen atoms in total. The molecule has 0 spiro atoms. The third-order valence-corrected chi connectivity index (χ3v) is 4.49. The molecule has 1 aliphatic heterocycles. The molecule has 1 aromatic carbocycles. The van der Waals surface area contributed by atoms with Crippen LogP contribution in [-0.2, 0) is 24.3 Å². The van der Waals surface area contributed by atoms with Crippen LogP contribution in [0, 0.1) is 5.82 Å². The Kier molecular flexibility index (Phi) is 5.25. The fraction of sp³-hybridized carbons (Fsp3) is 0.444. The van der Waals surface area contributed by atoms with E-state index in [4.69, 9.17) is 0 Å². The van der Waals surface area contributed by atoms with Gasteiger partial charge in [-0.15, -0.1) is 0 Å². The number of likely N-dealkylation sites (tertiary alicyclic amines) is 1. The van der Waals surface area contributed by atoms with Crippen LogP contribution < -0.4 is 5.32 Å². The van der Waals surface area contributed by atoms with Gasteiger partial charge in [-0.1, -0.05) is 12.1 Å². The van der Waals surface area contributed by atoms with Crippen LogP contribution in [0.15, 0.2) is 36.7 Å². The number of carbonyl (C=O) groups excluding carboxylic acids is 1. The predicted molar refractivity (Wildman–Crippen MR) is 89.8 cm³/mol. The molecule has 3 rings (SSSR count). The Morgan fingerprint density at radius 2 is 2.12 bits per heavy atom. The fourth-order valence-electron chi connectivity index (χ4n) is 3.07. The molecule has 128 valence electrons. The van der Waals surface area contributed by atoms with Gasteiger partial charge in [0.1, 0.15) is 11.6 Å². The Balaban J connectivity index is 1.47. The molecule has 1 atom stereocenters. The van der Waals surface area contributed by atoms with Crippen LogP contribution in [0.4, 0.5) is 4.39 Å². The second kappa shape index (κ2) is 7.57. The zero-order valence-corrected chi connectivity index (χ0v) is 13.9. The third kappa shape index (κ3) is 4.00. The van der Waals surface area contributed by atoms with Crippen molar-refractivity contribution in [3.63, 3.8) is 0 Å². The summed E-state index contributed by atoms with van der Waals surface area (Å²) >= 11 is 0. The Hall–Kier alpha value is -2.21. The van der Waals surface area contributed by atoms with Crippen LogP contribution in [0.25, 0.3) is 0 Å². The summed E-state index contributed by atoms with van der Waals surface area (Å²) in [5, 5.41) is 3.43. The molecule has 1 unspecified atom stereocenters. The molecule has 1 aromatic heterocycles. The van der Waals surface area contributed by atoms with Gasteiger partial charge in [0.2, 0.25) is 5.91 Å². The Morgan fingerprint density at radius 1 is 1.33 bits per heavy atom. The first-order chi connectivity index (χ1) is 11.7. The maximum Gasteiger partial charge on any atom is 0.224 e. The molecule has 0 aliphatic carbocycles. The lowest BCUT2D eigenvalue weighted by molar-refractivity contribution is -0.127. The molecule has 0 saturated carbocycles. The zero-order chi connectivity index (χ0) is 16.9. The van der Waals surface area contributed by atoms with Crippen molar-refractivity contribution < 1.29 is 9.18 Å². The topological polar surface area (TPSA) is 50.2 Å². The van der Waals surface area contributed by atoms with E-state index in [1.54, 1.807) is 18.3 Å². The van der Waals surface area contributed by atoms with Gasteiger partial charge in [-0.05, 0) is 31.0 Å². The molecule has 1 fully saturated rings. The molecular formula is C18H23FN4O. The van der Waals surface area contributed by atoms with Crippen molar-refractivity contribution >= 4 is 5.91 Å². The molecule has 1 saturated heterocycles. The van der Waals surface area contributed by atoms with Crippen LogP contribution in [0.2, 0.25) is 0 Å². The van der Waals surface area contributed by atoms with E-state index < -0.39 is 0 Å². The molecule has 2 heterocycles. The number of rotatable bonds is 7. The highest BCUT2D eigenvalue weighted by atomic mass is 19.1. The number of benzene rings is 1. The highest BCUT2D eigenvalue weighted by molar-refractivity contribution is 5.79. The number of nitrogens with one attached hydrogen (secondary N) is 1. The third-order valence-electron chi connectivity index (χ3n) is 4.49. The maximum absolute atomic E-state index is 12.9. The zero-order valence-electron chi connectivity index (χ0n) is 13.9. The van der Waals surface area contributed by atoms with Crippen molar-refractivity contribution in [1.29, 1.82) is 0 Å². The Morgan fingerprint density at radius 3 is 2.88 bits per heavy atom. The first-order valence-corrected chi connectivity index (χ1v) is 8.41. The highest BCUT2D eigenvalue weighted by Crippen LogP contribution is 2.13. The van der Waals surface area contributed by atoms with Gasteiger partial charge in [-0.2, -0.15) is 0 Å². The lowest BCUT2D eigenvalue weighted by atomic mass is 10.1. The van der Waals surface area contributed by atoms with Gasteiger partial charge in [-0.25, -0.2) is 9.37 Å². The lowest BCUT2D eigenvalue weighted by Crippen LogP contribution is -2.34. The number of aryl methyl sites for hydroxylation is 1. The first-order valence-electron chi connectivity index (χ1n) is 8.41. The van der Waals surface area contributed by atoms with E-state index in [0.29, 0.717) is 26.1 Å². The van der Waals surface area contributed by atoms with E-state index >= 15 is 0 Å². The number of hydrogen-bond donors (Lipinski definition) is 1. The molecule has 0 radical (unpaired) electrons. The van der Waals surface area contributed by atoms with E-state index in [0.717, 1.165) is 24.4 Å². The summed E-state index contributed by atoms with van der Waals surface area (Å²) < 4.78 is 15.0. The molecule has 0 bridgehead atoms. The van der Waals surface area contributed by atoms with Crippen molar-refractivity contribution in [1.82, 2.24) is 19.8 Å². The summed E-state index contributed by atoms with van der Waals surface area (Å²) in [5.74, 6) is 0.939. The second-order valence-electron chi connectivity index (χ2n) is 6.13. The SMILES string of the molecule is CCn1ccnc1CNC1CC(=O)N(CCc2ccc(F)cc2)C1. The molecule has 1 amide bonds. The summed E-state index contributed by atoms with van der Waals surface area (Å²) in [5.41, 5.74) is 1.05. The Labute approximate surface area is 141 Å².